The van der Waals surface area contributed by atoms with Crippen LogP contribution in [0.15, 0.2) is 24.3 Å². The molecule has 0 bridgehead atoms. The standard InChI is InChI=1S/C18H21N5O3/c1-12-4-5-14(13(2)19-12)17(24)23-9-3-8-22(10-11-23)16-7-6-15(18(25)26)20-21-16/h4-7H,3,8-11H2,1-2H3,(H,25,26). The number of aromatic nitrogens is 3. The zero-order valence-corrected chi connectivity index (χ0v) is 14.8. The van der Waals surface area contributed by atoms with E-state index < -0.39 is 5.97 Å². The van der Waals surface area contributed by atoms with Gasteiger partial charge in [0, 0.05) is 31.9 Å². The van der Waals surface area contributed by atoms with Crippen LogP contribution in [-0.2, 0) is 0 Å². The number of pyridine rings is 1. The third kappa shape index (κ3) is 3.79. The highest BCUT2D eigenvalue weighted by atomic mass is 16.4. The molecule has 0 atom stereocenters. The third-order valence-electron chi connectivity index (χ3n) is 4.43. The molecule has 3 rings (SSSR count). The molecule has 0 saturated carbocycles. The maximum atomic E-state index is 12.8. The van der Waals surface area contributed by atoms with E-state index in [0.717, 1.165) is 24.4 Å². The molecule has 3 heterocycles. The van der Waals surface area contributed by atoms with Crippen molar-refractivity contribution in [3.05, 3.63) is 46.9 Å². The molecule has 1 amide bonds. The van der Waals surface area contributed by atoms with E-state index in [2.05, 4.69) is 15.2 Å². The van der Waals surface area contributed by atoms with Crippen LogP contribution < -0.4 is 4.90 Å². The zero-order chi connectivity index (χ0) is 18.7. The van der Waals surface area contributed by atoms with Gasteiger partial charge in [-0.05, 0) is 44.5 Å². The van der Waals surface area contributed by atoms with Crippen LogP contribution in [0.1, 0.15) is 38.7 Å². The largest absolute Gasteiger partial charge is 0.476 e. The Morgan fingerprint density at radius 1 is 1.00 bits per heavy atom. The van der Waals surface area contributed by atoms with E-state index in [0.29, 0.717) is 31.0 Å². The van der Waals surface area contributed by atoms with Gasteiger partial charge in [-0.15, -0.1) is 10.2 Å². The second-order valence-electron chi connectivity index (χ2n) is 6.30. The number of carboxylic acids is 1. The predicted molar refractivity (Wildman–Crippen MR) is 95.4 cm³/mol. The van der Waals surface area contributed by atoms with Gasteiger partial charge < -0.3 is 14.9 Å². The lowest BCUT2D eigenvalue weighted by Crippen LogP contribution is -2.36. The van der Waals surface area contributed by atoms with Crippen molar-refractivity contribution in [3.8, 4) is 0 Å². The van der Waals surface area contributed by atoms with Gasteiger partial charge in [0.2, 0.25) is 0 Å². The summed E-state index contributed by atoms with van der Waals surface area (Å²) in [6.45, 7) is 6.32. The molecule has 1 N–H and O–H groups in total. The van der Waals surface area contributed by atoms with E-state index in [1.807, 2.05) is 35.8 Å². The Labute approximate surface area is 151 Å². The molecule has 2 aromatic heterocycles. The van der Waals surface area contributed by atoms with Crippen molar-refractivity contribution in [1.82, 2.24) is 20.1 Å². The number of nitrogens with zero attached hydrogens (tertiary/aromatic N) is 5. The maximum absolute atomic E-state index is 12.8. The van der Waals surface area contributed by atoms with E-state index in [1.165, 1.54) is 6.07 Å². The van der Waals surface area contributed by atoms with E-state index >= 15 is 0 Å². The van der Waals surface area contributed by atoms with Crippen molar-refractivity contribution in [2.24, 2.45) is 0 Å². The minimum atomic E-state index is -1.10. The first-order valence-corrected chi connectivity index (χ1v) is 8.51. The molecule has 2 aromatic rings. The summed E-state index contributed by atoms with van der Waals surface area (Å²) in [4.78, 5) is 31.9. The van der Waals surface area contributed by atoms with Crippen molar-refractivity contribution < 1.29 is 14.7 Å². The molecule has 8 heteroatoms. The van der Waals surface area contributed by atoms with Crippen molar-refractivity contribution >= 4 is 17.7 Å². The first kappa shape index (κ1) is 17.8. The number of aromatic carboxylic acids is 1. The smallest absolute Gasteiger partial charge is 0.356 e. The lowest BCUT2D eigenvalue weighted by molar-refractivity contribution is 0.0688. The Kier molecular flexibility index (Phi) is 5.11. The molecule has 1 aliphatic rings. The van der Waals surface area contributed by atoms with Crippen LogP contribution in [0.3, 0.4) is 0 Å². The van der Waals surface area contributed by atoms with Crippen LogP contribution in [0.25, 0.3) is 0 Å². The van der Waals surface area contributed by atoms with Gasteiger partial charge >= 0.3 is 5.97 Å². The fourth-order valence-corrected chi connectivity index (χ4v) is 3.04. The molecule has 26 heavy (non-hydrogen) atoms. The Bertz CT molecular complexity index is 822. The third-order valence-corrected chi connectivity index (χ3v) is 4.43. The molecule has 0 unspecified atom stereocenters. The summed E-state index contributed by atoms with van der Waals surface area (Å²) >= 11 is 0. The fraction of sp³-hybridized carbons (Fsp3) is 0.389. The molecule has 8 nitrogen and oxygen atoms in total. The summed E-state index contributed by atoms with van der Waals surface area (Å²) in [6.07, 6.45) is 0.798. The van der Waals surface area contributed by atoms with Gasteiger partial charge in [0.15, 0.2) is 11.5 Å². The van der Waals surface area contributed by atoms with E-state index in [4.69, 9.17) is 5.11 Å². The van der Waals surface area contributed by atoms with E-state index in [-0.39, 0.29) is 11.6 Å². The fourth-order valence-electron chi connectivity index (χ4n) is 3.04. The van der Waals surface area contributed by atoms with Crippen LogP contribution in [0.2, 0.25) is 0 Å². The van der Waals surface area contributed by atoms with Crippen molar-refractivity contribution in [1.29, 1.82) is 0 Å². The van der Waals surface area contributed by atoms with E-state index in [1.54, 1.807) is 6.07 Å². The number of amides is 1. The average molecular weight is 355 g/mol. The second kappa shape index (κ2) is 7.47. The molecular weight excluding hydrogens is 334 g/mol. The monoisotopic (exact) mass is 355 g/mol. The van der Waals surface area contributed by atoms with Gasteiger partial charge in [-0.1, -0.05) is 0 Å². The molecule has 0 aliphatic carbocycles. The highest BCUT2D eigenvalue weighted by molar-refractivity contribution is 5.95. The molecule has 1 saturated heterocycles. The van der Waals surface area contributed by atoms with Gasteiger partial charge in [0.1, 0.15) is 0 Å². The Balaban J connectivity index is 1.69. The van der Waals surface area contributed by atoms with Crippen molar-refractivity contribution in [2.75, 3.05) is 31.1 Å². The highest BCUT2D eigenvalue weighted by Crippen LogP contribution is 2.16. The average Bonchev–Trinajstić information content (AvgIpc) is 2.87. The highest BCUT2D eigenvalue weighted by Gasteiger charge is 2.22. The van der Waals surface area contributed by atoms with Crippen LogP contribution in [-0.4, -0.2) is 63.2 Å². The number of carbonyl (C=O) groups excluding carboxylic acids is 1. The molecule has 1 fully saturated rings. The summed E-state index contributed by atoms with van der Waals surface area (Å²) in [5, 5.41) is 16.6. The predicted octanol–water partition coefficient (Wildman–Crippen LogP) is 1.54. The number of rotatable bonds is 3. The summed E-state index contributed by atoms with van der Waals surface area (Å²) < 4.78 is 0. The normalized spacial score (nSPS) is 14.8. The Morgan fingerprint density at radius 2 is 1.81 bits per heavy atom. The van der Waals surface area contributed by atoms with Crippen LogP contribution in [0.5, 0.6) is 0 Å². The molecular formula is C18H21N5O3. The SMILES string of the molecule is Cc1ccc(C(=O)N2CCCN(c3ccc(C(=O)O)nn3)CC2)c(C)n1. The van der Waals surface area contributed by atoms with Gasteiger partial charge in [-0.3, -0.25) is 9.78 Å². The second-order valence-corrected chi connectivity index (χ2v) is 6.30. The number of carbonyl (C=O) groups is 2. The number of hydrogen-bond acceptors (Lipinski definition) is 6. The van der Waals surface area contributed by atoms with Crippen molar-refractivity contribution in [2.45, 2.75) is 20.3 Å². The summed E-state index contributed by atoms with van der Waals surface area (Å²) in [7, 11) is 0. The first-order chi connectivity index (χ1) is 12.5. The summed E-state index contributed by atoms with van der Waals surface area (Å²) in [6, 6.07) is 6.78. The number of carboxylic acid groups (broad SMARTS) is 1. The van der Waals surface area contributed by atoms with Crippen LogP contribution in [0, 0.1) is 13.8 Å². The van der Waals surface area contributed by atoms with Crippen LogP contribution in [0.4, 0.5) is 5.82 Å². The molecule has 0 radical (unpaired) electrons. The molecule has 0 spiro atoms. The first-order valence-electron chi connectivity index (χ1n) is 8.51. The van der Waals surface area contributed by atoms with E-state index in [9.17, 15) is 9.59 Å². The van der Waals surface area contributed by atoms with Gasteiger partial charge in [0.05, 0.1) is 11.3 Å². The number of aryl methyl sites for hydroxylation is 2. The topological polar surface area (TPSA) is 99.5 Å². The quantitative estimate of drug-likeness (QED) is 0.891. The Morgan fingerprint density at radius 3 is 2.46 bits per heavy atom. The zero-order valence-electron chi connectivity index (χ0n) is 14.8. The summed E-state index contributed by atoms with van der Waals surface area (Å²) in [5.41, 5.74) is 2.19. The Hall–Kier alpha value is -3.03. The number of hydrogen-bond donors (Lipinski definition) is 1. The lowest BCUT2D eigenvalue weighted by atomic mass is 10.1. The van der Waals surface area contributed by atoms with Crippen molar-refractivity contribution in [3.63, 3.8) is 0 Å². The molecule has 1 aliphatic heterocycles. The van der Waals surface area contributed by atoms with Crippen LogP contribution >= 0.6 is 0 Å². The minimum absolute atomic E-state index is 0.0100. The minimum Gasteiger partial charge on any atom is -0.476 e. The van der Waals surface area contributed by atoms with Gasteiger partial charge in [0.25, 0.3) is 5.91 Å². The van der Waals surface area contributed by atoms with Gasteiger partial charge in [-0.2, -0.15) is 0 Å². The van der Waals surface area contributed by atoms with Gasteiger partial charge in [-0.25, -0.2) is 4.79 Å². The number of anilines is 1. The summed E-state index contributed by atoms with van der Waals surface area (Å²) in [5.74, 6) is -0.486. The molecule has 136 valence electrons. The molecule has 0 aromatic carbocycles. The lowest BCUT2D eigenvalue weighted by Gasteiger charge is -2.23. The maximum Gasteiger partial charge on any atom is 0.356 e.